The maximum atomic E-state index is 13.4. The number of hydrogen-bond donors (Lipinski definition) is 1. The first kappa shape index (κ1) is 14.1. The van der Waals surface area contributed by atoms with Gasteiger partial charge in [-0.1, -0.05) is 6.92 Å². The fourth-order valence-corrected chi connectivity index (χ4v) is 1.74. The number of amides is 3. The van der Waals surface area contributed by atoms with Crippen LogP contribution in [0.5, 0.6) is 0 Å². The molecule has 0 aromatic heterocycles. The van der Waals surface area contributed by atoms with Gasteiger partial charge >= 0.3 is 6.03 Å². The van der Waals surface area contributed by atoms with Crippen molar-refractivity contribution in [1.29, 1.82) is 0 Å². The van der Waals surface area contributed by atoms with Crippen LogP contribution in [0.3, 0.4) is 0 Å². The largest absolute Gasteiger partial charge is 0.346 e. The second kappa shape index (κ2) is 4.99. The van der Waals surface area contributed by atoms with Crippen molar-refractivity contribution in [3.05, 3.63) is 35.4 Å². The monoisotopic (exact) mass is 281 g/mol. The zero-order valence-electron chi connectivity index (χ0n) is 11.0. The van der Waals surface area contributed by atoms with Crippen molar-refractivity contribution < 1.29 is 18.4 Å². The molecule has 5 nitrogen and oxygen atoms in total. The van der Waals surface area contributed by atoms with E-state index >= 15 is 0 Å². The zero-order valence-corrected chi connectivity index (χ0v) is 11.0. The summed E-state index contributed by atoms with van der Waals surface area (Å²) >= 11 is 0. The predicted molar refractivity (Wildman–Crippen MR) is 68.0 cm³/mol. The highest BCUT2D eigenvalue weighted by atomic mass is 19.1. The van der Waals surface area contributed by atoms with E-state index in [4.69, 9.17) is 0 Å². The molecule has 7 heteroatoms. The van der Waals surface area contributed by atoms with Crippen molar-refractivity contribution in [3.8, 4) is 0 Å². The molecule has 1 aliphatic heterocycles. The van der Waals surface area contributed by atoms with Crippen LogP contribution in [0.2, 0.25) is 0 Å². The second-order valence-corrected chi connectivity index (χ2v) is 4.64. The Labute approximate surface area is 114 Å². The number of urea groups is 1. The van der Waals surface area contributed by atoms with Gasteiger partial charge in [-0.15, -0.1) is 5.01 Å². The Hall–Kier alpha value is -2.31. The normalized spacial score (nSPS) is 22.7. The lowest BCUT2D eigenvalue weighted by Gasteiger charge is -2.17. The number of hydrazone groups is 1. The first-order chi connectivity index (χ1) is 9.37. The fourth-order valence-electron chi connectivity index (χ4n) is 1.74. The van der Waals surface area contributed by atoms with Crippen LogP contribution < -0.4 is 5.32 Å². The molecule has 0 spiro atoms. The molecule has 106 valence electrons. The lowest BCUT2D eigenvalue weighted by Crippen LogP contribution is -2.42. The third-order valence-corrected chi connectivity index (χ3v) is 3.22. The van der Waals surface area contributed by atoms with Gasteiger partial charge in [0.05, 0.1) is 6.21 Å². The van der Waals surface area contributed by atoms with Crippen molar-refractivity contribution in [2.24, 2.45) is 5.10 Å². The summed E-state index contributed by atoms with van der Waals surface area (Å²) in [7, 11) is 0. The highest BCUT2D eigenvalue weighted by Gasteiger charge is 2.46. The number of hydrogen-bond acceptors (Lipinski definition) is 3. The molecular formula is C13H13F2N3O2. The Morgan fingerprint density at radius 3 is 2.65 bits per heavy atom. The van der Waals surface area contributed by atoms with E-state index in [1.54, 1.807) is 13.8 Å². The van der Waals surface area contributed by atoms with E-state index in [0.717, 1.165) is 12.3 Å². The molecule has 20 heavy (non-hydrogen) atoms. The van der Waals surface area contributed by atoms with Gasteiger partial charge in [-0.25, -0.2) is 13.6 Å². The van der Waals surface area contributed by atoms with Crippen molar-refractivity contribution in [2.45, 2.75) is 25.8 Å². The van der Waals surface area contributed by atoms with Crippen LogP contribution >= 0.6 is 0 Å². The first-order valence-electron chi connectivity index (χ1n) is 6.03. The van der Waals surface area contributed by atoms with Gasteiger partial charge in [-0.3, -0.25) is 4.79 Å². The van der Waals surface area contributed by atoms with Crippen LogP contribution in [0.4, 0.5) is 13.6 Å². The Morgan fingerprint density at radius 1 is 1.40 bits per heavy atom. The Morgan fingerprint density at radius 2 is 2.10 bits per heavy atom. The van der Waals surface area contributed by atoms with Gasteiger partial charge < -0.3 is 5.32 Å². The number of nitrogens with zero attached hydrogens (tertiary/aromatic N) is 2. The van der Waals surface area contributed by atoms with E-state index in [1.807, 2.05) is 0 Å². The Kier molecular flexibility index (Phi) is 3.52. The summed E-state index contributed by atoms with van der Waals surface area (Å²) in [5.41, 5.74) is -1.02. The van der Waals surface area contributed by atoms with E-state index < -0.39 is 29.1 Å². The van der Waals surface area contributed by atoms with E-state index in [9.17, 15) is 18.4 Å². The van der Waals surface area contributed by atoms with Crippen LogP contribution in [0.25, 0.3) is 0 Å². The number of carbonyl (C=O) groups is 2. The van der Waals surface area contributed by atoms with Crippen molar-refractivity contribution in [3.63, 3.8) is 0 Å². The van der Waals surface area contributed by atoms with Gasteiger partial charge in [-0.2, -0.15) is 5.10 Å². The highest BCUT2D eigenvalue weighted by molar-refractivity contribution is 6.07. The minimum absolute atomic E-state index is 0.0166. The summed E-state index contributed by atoms with van der Waals surface area (Å²) in [6, 6.07) is 2.26. The average molecular weight is 281 g/mol. The number of benzene rings is 1. The number of rotatable bonds is 3. The van der Waals surface area contributed by atoms with Crippen molar-refractivity contribution >= 4 is 18.2 Å². The Bertz CT molecular complexity index is 603. The van der Waals surface area contributed by atoms with Crippen molar-refractivity contribution in [2.75, 3.05) is 0 Å². The number of imide groups is 1. The summed E-state index contributed by atoms with van der Waals surface area (Å²) in [4.78, 5) is 23.7. The quantitative estimate of drug-likeness (QED) is 0.680. The number of carbonyl (C=O) groups excluding carboxylic acids is 2. The summed E-state index contributed by atoms with van der Waals surface area (Å²) in [5, 5.41) is 6.83. The third kappa shape index (κ3) is 2.38. The molecule has 1 heterocycles. The molecule has 1 aromatic rings. The van der Waals surface area contributed by atoms with Gasteiger partial charge in [0, 0.05) is 11.6 Å². The molecule has 1 saturated heterocycles. The van der Waals surface area contributed by atoms with E-state index in [-0.39, 0.29) is 5.56 Å². The summed E-state index contributed by atoms with van der Waals surface area (Å²) in [6.45, 7) is 3.34. The lowest BCUT2D eigenvalue weighted by atomic mass is 10.00. The van der Waals surface area contributed by atoms with E-state index in [2.05, 4.69) is 10.4 Å². The van der Waals surface area contributed by atoms with Crippen LogP contribution in [-0.2, 0) is 4.79 Å². The van der Waals surface area contributed by atoms with E-state index in [0.29, 0.717) is 17.5 Å². The fraction of sp³-hybridized carbons (Fsp3) is 0.308. The second-order valence-electron chi connectivity index (χ2n) is 4.64. The first-order valence-corrected chi connectivity index (χ1v) is 6.03. The standard InChI is InChI=1S/C13H13F2N3O2/c1-3-13(2)11(19)18(12(20)17-13)16-7-8-4-5-9(14)6-10(8)15/h4-7H,3H2,1-2H3,(H,17,20). The van der Waals surface area contributed by atoms with Crippen LogP contribution in [-0.4, -0.2) is 28.7 Å². The van der Waals surface area contributed by atoms with Gasteiger partial charge in [0.15, 0.2) is 0 Å². The lowest BCUT2D eigenvalue weighted by molar-refractivity contribution is -0.130. The molecule has 1 unspecified atom stereocenters. The van der Waals surface area contributed by atoms with Gasteiger partial charge in [0.1, 0.15) is 17.2 Å². The molecule has 1 atom stereocenters. The van der Waals surface area contributed by atoms with Crippen LogP contribution in [0.1, 0.15) is 25.8 Å². The third-order valence-electron chi connectivity index (χ3n) is 3.22. The summed E-state index contributed by atoms with van der Waals surface area (Å²) in [6.07, 6.45) is 1.42. The molecule has 3 amide bonds. The number of nitrogens with one attached hydrogen (secondary N) is 1. The summed E-state index contributed by atoms with van der Waals surface area (Å²) in [5.74, 6) is -2.05. The molecule has 2 rings (SSSR count). The molecule has 0 saturated carbocycles. The topological polar surface area (TPSA) is 61.8 Å². The van der Waals surface area contributed by atoms with Gasteiger partial charge in [-0.05, 0) is 25.5 Å². The molecule has 0 radical (unpaired) electrons. The molecule has 1 aromatic carbocycles. The minimum atomic E-state index is -1.00. The van der Waals surface area contributed by atoms with Gasteiger partial charge in [0.2, 0.25) is 0 Å². The maximum Gasteiger partial charge on any atom is 0.346 e. The molecule has 0 aliphatic carbocycles. The van der Waals surface area contributed by atoms with Crippen LogP contribution in [0.15, 0.2) is 23.3 Å². The molecular weight excluding hydrogens is 268 g/mol. The average Bonchev–Trinajstić information content (AvgIpc) is 2.61. The maximum absolute atomic E-state index is 13.4. The summed E-state index contributed by atoms with van der Waals surface area (Å²) < 4.78 is 26.1. The van der Waals surface area contributed by atoms with Gasteiger partial charge in [0.25, 0.3) is 5.91 Å². The highest BCUT2D eigenvalue weighted by Crippen LogP contribution is 2.21. The van der Waals surface area contributed by atoms with E-state index in [1.165, 1.54) is 6.07 Å². The molecule has 0 bridgehead atoms. The Balaban J connectivity index is 2.24. The van der Waals surface area contributed by atoms with Crippen LogP contribution in [0, 0.1) is 11.6 Å². The number of halogens is 2. The molecule has 1 fully saturated rings. The molecule has 1 aliphatic rings. The van der Waals surface area contributed by atoms with Crippen molar-refractivity contribution in [1.82, 2.24) is 10.3 Å². The smallest absolute Gasteiger partial charge is 0.322 e. The zero-order chi connectivity index (χ0) is 14.9. The predicted octanol–water partition coefficient (Wildman–Crippen LogP) is 2.02. The SMILES string of the molecule is CCC1(C)NC(=O)N(N=Cc2ccc(F)cc2F)C1=O. The molecule has 1 N–H and O–H groups in total. The minimum Gasteiger partial charge on any atom is -0.322 e.